The summed E-state index contributed by atoms with van der Waals surface area (Å²) >= 11 is 0. The molecular weight excluding hydrogens is 418 g/mol. The van der Waals surface area contributed by atoms with Gasteiger partial charge in [0.1, 0.15) is 5.82 Å². The summed E-state index contributed by atoms with van der Waals surface area (Å²) in [5.41, 5.74) is 4.88. The fourth-order valence-electron chi connectivity index (χ4n) is 5.41. The molecule has 0 radical (unpaired) electrons. The van der Waals surface area contributed by atoms with Gasteiger partial charge in [0.15, 0.2) is 0 Å². The number of nitrogens with zero attached hydrogens (tertiary/aromatic N) is 3. The molecule has 0 bridgehead atoms. The third-order valence-corrected chi connectivity index (χ3v) is 7.17. The molecule has 1 amide bonds. The number of amides is 1. The first-order valence-electron chi connectivity index (χ1n) is 11.7. The van der Waals surface area contributed by atoms with E-state index in [1.807, 2.05) is 30.3 Å². The minimum absolute atomic E-state index is 0.330. The highest BCUT2D eigenvalue weighted by Crippen LogP contribution is 2.38. The molecule has 5 rings (SSSR count). The van der Waals surface area contributed by atoms with Crippen molar-refractivity contribution in [1.29, 1.82) is 0 Å². The predicted molar refractivity (Wildman–Crippen MR) is 124 cm³/mol. The molecule has 1 saturated carbocycles. The van der Waals surface area contributed by atoms with Gasteiger partial charge < -0.3 is 19.3 Å². The maximum absolute atomic E-state index is 12.3. The number of benzene rings is 2. The molecule has 1 N–H and O–H groups in total. The molecular formula is C26H29N3O4. The normalized spacial score (nSPS) is 17.2. The smallest absolute Gasteiger partial charge is 0.409 e. The van der Waals surface area contributed by atoms with Crippen LogP contribution in [0.5, 0.6) is 0 Å². The molecule has 3 aromatic rings. The van der Waals surface area contributed by atoms with Crippen molar-refractivity contribution in [3.63, 3.8) is 0 Å². The lowest BCUT2D eigenvalue weighted by Gasteiger charge is -2.27. The molecule has 1 atom stereocenters. The van der Waals surface area contributed by atoms with Gasteiger partial charge in [-0.3, -0.25) is 4.79 Å². The van der Waals surface area contributed by atoms with E-state index in [4.69, 9.17) is 9.72 Å². The summed E-state index contributed by atoms with van der Waals surface area (Å²) < 4.78 is 7.08. The number of carboxylic acids is 1. The van der Waals surface area contributed by atoms with Crippen LogP contribution in [0.1, 0.15) is 60.0 Å². The molecule has 1 aliphatic heterocycles. The summed E-state index contributed by atoms with van der Waals surface area (Å²) in [6.07, 6.45) is 4.91. The number of rotatable bonds is 5. The Morgan fingerprint density at radius 3 is 2.61 bits per heavy atom. The number of carbonyl (C=O) groups is 2. The van der Waals surface area contributed by atoms with E-state index < -0.39 is 11.9 Å². The largest absolute Gasteiger partial charge is 0.481 e. The number of aromatic nitrogens is 2. The van der Waals surface area contributed by atoms with Gasteiger partial charge in [0, 0.05) is 24.6 Å². The first-order valence-corrected chi connectivity index (χ1v) is 11.7. The lowest BCUT2D eigenvalue weighted by Crippen LogP contribution is -2.35. The third-order valence-electron chi connectivity index (χ3n) is 7.17. The van der Waals surface area contributed by atoms with Crippen LogP contribution >= 0.6 is 0 Å². The number of carbonyl (C=O) groups excluding carboxylic acids is 1. The number of fused-ring (bicyclic) bond motifs is 3. The highest BCUT2D eigenvalue weighted by Gasteiger charge is 2.30. The van der Waals surface area contributed by atoms with Gasteiger partial charge in [-0.05, 0) is 36.5 Å². The Kier molecular flexibility index (Phi) is 5.79. The Morgan fingerprint density at radius 1 is 1.15 bits per heavy atom. The van der Waals surface area contributed by atoms with Crippen LogP contribution in [-0.2, 0) is 29.0 Å². The van der Waals surface area contributed by atoms with Crippen LogP contribution in [0.15, 0.2) is 42.5 Å². The van der Waals surface area contributed by atoms with Crippen LogP contribution in [0.2, 0.25) is 0 Å². The summed E-state index contributed by atoms with van der Waals surface area (Å²) in [6, 6.07) is 13.6. The maximum atomic E-state index is 12.3. The third kappa shape index (κ3) is 3.96. The number of ether oxygens (including phenoxy) is 1. The van der Waals surface area contributed by atoms with Gasteiger partial charge in [0.25, 0.3) is 0 Å². The van der Waals surface area contributed by atoms with E-state index in [0.29, 0.717) is 25.6 Å². The van der Waals surface area contributed by atoms with Crippen molar-refractivity contribution in [2.75, 3.05) is 13.7 Å². The number of hydrogen-bond acceptors (Lipinski definition) is 4. The highest BCUT2D eigenvalue weighted by molar-refractivity contribution is 5.83. The van der Waals surface area contributed by atoms with Gasteiger partial charge in [-0.2, -0.15) is 0 Å². The van der Waals surface area contributed by atoms with E-state index in [1.165, 1.54) is 25.5 Å². The zero-order valence-corrected chi connectivity index (χ0v) is 18.9. The van der Waals surface area contributed by atoms with Crippen LogP contribution in [0, 0.1) is 0 Å². The Morgan fingerprint density at radius 2 is 1.91 bits per heavy atom. The second kappa shape index (κ2) is 8.89. The molecule has 1 aliphatic carbocycles. The van der Waals surface area contributed by atoms with Gasteiger partial charge in [-0.15, -0.1) is 0 Å². The van der Waals surface area contributed by atoms with E-state index in [1.54, 1.807) is 4.90 Å². The molecule has 1 fully saturated rings. The summed E-state index contributed by atoms with van der Waals surface area (Å²) in [6.45, 7) is 1.42. The molecule has 0 spiro atoms. The second-order valence-electron chi connectivity index (χ2n) is 9.08. The predicted octanol–water partition coefficient (Wildman–Crippen LogP) is 4.69. The average molecular weight is 448 g/mol. The molecule has 0 unspecified atom stereocenters. The second-order valence-corrected chi connectivity index (χ2v) is 9.08. The fraction of sp³-hybridized carbons (Fsp3) is 0.423. The molecule has 7 nitrogen and oxygen atoms in total. The van der Waals surface area contributed by atoms with Gasteiger partial charge in [0.05, 0.1) is 30.6 Å². The molecule has 7 heteroatoms. The van der Waals surface area contributed by atoms with Crippen molar-refractivity contribution in [1.82, 2.24) is 14.5 Å². The lowest BCUT2D eigenvalue weighted by molar-refractivity contribution is -0.139. The van der Waals surface area contributed by atoms with Crippen LogP contribution in [-0.4, -0.2) is 45.3 Å². The molecule has 1 aromatic heterocycles. The zero-order chi connectivity index (χ0) is 22.9. The van der Waals surface area contributed by atoms with Crippen molar-refractivity contribution in [3.8, 4) is 0 Å². The Labute approximate surface area is 193 Å². The molecule has 0 saturated heterocycles. The summed E-state index contributed by atoms with van der Waals surface area (Å²) in [5, 5.41) is 10.1. The Hall–Kier alpha value is -3.35. The molecule has 2 aliphatic rings. The van der Waals surface area contributed by atoms with Crippen LogP contribution < -0.4 is 0 Å². The first-order chi connectivity index (χ1) is 16.1. The van der Waals surface area contributed by atoms with Gasteiger partial charge in [-0.1, -0.05) is 49.2 Å². The summed E-state index contributed by atoms with van der Waals surface area (Å²) in [7, 11) is 1.40. The zero-order valence-electron chi connectivity index (χ0n) is 18.9. The first kappa shape index (κ1) is 21.5. The maximum Gasteiger partial charge on any atom is 0.409 e. The van der Waals surface area contributed by atoms with Gasteiger partial charge in [0.2, 0.25) is 0 Å². The monoisotopic (exact) mass is 447 g/mol. The highest BCUT2D eigenvalue weighted by atomic mass is 16.5. The molecule has 2 heterocycles. The van der Waals surface area contributed by atoms with E-state index in [-0.39, 0.29) is 6.09 Å². The van der Waals surface area contributed by atoms with Crippen LogP contribution in [0.4, 0.5) is 4.79 Å². The van der Waals surface area contributed by atoms with Gasteiger partial charge in [-0.25, -0.2) is 9.78 Å². The van der Waals surface area contributed by atoms with E-state index in [0.717, 1.165) is 47.2 Å². The minimum atomic E-state index is -0.838. The average Bonchev–Trinajstić information content (AvgIpc) is 3.50. The lowest BCUT2D eigenvalue weighted by atomic mass is 9.97. The van der Waals surface area contributed by atoms with E-state index in [9.17, 15) is 14.7 Å². The Balaban J connectivity index is 1.62. The number of aliphatic carboxylic acids is 1. The minimum Gasteiger partial charge on any atom is -0.481 e. The number of methoxy groups -OCH3 is 1. The van der Waals surface area contributed by atoms with Crippen LogP contribution in [0.3, 0.4) is 0 Å². The topological polar surface area (TPSA) is 84.7 Å². The summed E-state index contributed by atoms with van der Waals surface area (Å²) in [4.78, 5) is 31.3. The SMILES string of the molecule is COC(=O)N1CCc2ccc3c(nc(C4CCCC4)n3C[C@H](C(=O)O)c3ccccc3)c2C1. The van der Waals surface area contributed by atoms with Crippen molar-refractivity contribution in [2.24, 2.45) is 0 Å². The number of hydrogen-bond donors (Lipinski definition) is 1. The molecule has 172 valence electrons. The molecule has 33 heavy (non-hydrogen) atoms. The van der Waals surface area contributed by atoms with Gasteiger partial charge >= 0.3 is 12.1 Å². The van der Waals surface area contributed by atoms with Crippen molar-refractivity contribution < 1.29 is 19.4 Å². The summed E-state index contributed by atoms with van der Waals surface area (Å²) in [5.74, 6) is -0.187. The number of carboxylic acid groups (broad SMARTS) is 1. The number of imidazole rings is 1. The Bertz CT molecular complexity index is 1180. The standard InChI is InChI=1S/C26H29N3O4/c1-33-26(32)28-14-13-18-11-12-22-23(20(18)15-28)27-24(19-9-5-6-10-19)29(22)16-21(25(30)31)17-7-3-2-4-8-17/h2-4,7-8,11-12,19,21H,5-6,9-10,13-16H2,1H3,(H,30,31)/t21-/m0/s1. The van der Waals surface area contributed by atoms with Crippen molar-refractivity contribution >= 4 is 23.1 Å². The quantitative estimate of drug-likeness (QED) is 0.614. The fourth-order valence-corrected chi connectivity index (χ4v) is 5.41. The van der Waals surface area contributed by atoms with Crippen molar-refractivity contribution in [3.05, 3.63) is 65.0 Å². The molecule has 2 aromatic carbocycles. The van der Waals surface area contributed by atoms with E-state index in [2.05, 4.69) is 16.7 Å². The van der Waals surface area contributed by atoms with Crippen LogP contribution in [0.25, 0.3) is 11.0 Å². The van der Waals surface area contributed by atoms with Crippen molar-refractivity contribution in [2.45, 2.75) is 57.0 Å². The van der Waals surface area contributed by atoms with E-state index >= 15 is 0 Å².